The number of nitroso groups, excluding NO2 is 2. The summed E-state index contributed by atoms with van der Waals surface area (Å²) < 4.78 is 0. The molecule has 0 bridgehead atoms. The molecule has 18 heavy (non-hydrogen) atoms. The van der Waals surface area contributed by atoms with Crippen molar-refractivity contribution in [1.82, 2.24) is 0 Å². The Morgan fingerprint density at radius 2 is 2.00 bits per heavy atom. The lowest BCUT2D eigenvalue weighted by Gasteiger charge is -2.10. The number of aliphatic carboxylic acids is 1. The lowest BCUT2D eigenvalue weighted by atomic mass is 9.70. The second-order valence-corrected chi connectivity index (χ2v) is 4.21. The molecule has 0 aromatic heterocycles. The minimum Gasteiger partial charge on any atom is -0.481 e. The SMILES string of the molecule is Cc1cc(B(N=O)N=O)ccc1CC(C)C(=O)O. The zero-order valence-corrected chi connectivity index (χ0v) is 10.2. The molecule has 0 fully saturated rings. The molecule has 0 aliphatic carbocycles. The van der Waals surface area contributed by atoms with Crippen molar-refractivity contribution in [3.05, 3.63) is 39.1 Å². The van der Waals surface area contributed by atoms with E-state index in [0.717, 1.165) is 11.1 Å². The molecule has 0 radical (unpaired) electrons. The maximum atomic E-state index is 10.8. The predicted octanol–water partition coefficient (Wildman–Crippen LogP) is 1.49. The van der Waals surface area contributed by atoms with Crippen molar-refractivity contribution in [2.45, 2.75) is 20.3 Å². The molecule has 1 unspecified atom stereocenters. The quantitative estimate of drug-likeness (QED) is 0.609. The van der Waals surface area contributed by atoms with E-state index in [1.165, 1.54) is 0 Å². The van der Waals surface area contributed by atoms with Crippen LogP contribution in [0.2, 0.25) is 0 Å². The van der Waals surface area contributed by atoms with Gasteiger partial charge in [0.1, 0.15) is 0 Å². The summed E-state index contributed by atoms with van der Waals surface area (Å²) >= 11 is 0. The Morgan fingerprint density at radius 1 is 1.39 bits per heavy atom. The van der Waals surface area contributed by atoms with Crippen LogP contribution in [0.1, 0.15) is 18.1 Å². The van der Waals surface area contributed by atoms with Gasteiger partial charge in [0.05, 0.1) is 5.92 Å². The minimum atomic E-state index is -1.24. The van der Waals surface area contributed by atoms with E-state index in [4.69, 9.17) is 5.11 Å². The second kappa shape index (κ2) is 6.04. The van der Waals surface area contributed by atoms with Crippen molar-refractivity contribution >= 4 is 18.4 Å². The van der Waals surface area contributed by atoms with Gasteiger partial charge >= 0.3 is 13.0 Å². The van der Waals surface area contributed by atoms with E-state index in [-0.39, 0.29) is 0 Å². The van der Waals surface area contributed by atoms with E-state index in [2.05, 4.69) is 10.2 Å². The Balaban J connectivity index is 2.95. The van der Waals surface area contributed by atoms with Crippen LogP contribution in [-0.4, -0.2) is 18.1 Å². The average Bonchev–Trinajstić information content (AvgIpc) is 2.33. The number of hydrogen-bond donors (Lipinski definition) is 1. The number of carboxylic acid groups (broad SMARTS) is 1. The predicted molar refractivity (Wildman–Crippen MR) is 68.7 cm³/mol. The van der Waals surface area contributed by atoms with Crippen LogP contribution in [0.25, 0.3) is 0 Å². The molecule has 0 aliphatic rings. The summed E-state index contributed by atoms with van der Waals surface area (Å²) in [5.41, 5.74) is 2.10. The van der Waals surface area contributed by atoms with Crippen molar-refractivity contribution < 1.29 is 9.90 Å². The Hall–Kier alpha value is -2.05. The lowest BCUT2D eigenvalue weighted by Crippen LogP contribution is -2.26. The van der Waals surface area contributed by atoms with Gasteiger partial charge in [-0.15, -0.1) is 0 Å². The van der Waals surface area contributed by atoms with Gasteiger partial charge in [-0.1, -0.05) is 35.3 Å². The van der Waals surface area contributed by atoms with E-state index in [1.807, 2.05) is 0 Å². The van der Waals surface area contributed by atoms with Gasteiger partial charge in [-0.25, -0.2) is 0 Å². The molecule has 6 nitrogen and oxygen atoms in total. The Kier molecular flexibility index (Phi) is 4.71. The lowest BCUT2D eigenvalue weighted by molar-refractivity contribution is -0.141. The minimum absolute atomic E-state index is 0.398. The van der Waals surface area contributed by atoms with E-state index >= 15 is 0 Å². The van der Waals surface area contributed by atoms with E-state index in [1.54, 1.807) is 32.0 Å². The summed E-state index contributed by atoms with van der Waals surface area (Å²) in [5, 5.41) is 14.1. The standard InChI is InChI=1S/C11H13BN2O4/c1-7-6-10(12(13-17)14-18)4-3-9(7)5-8(2)11(15)16/h3-4,6,8H,5H2,1-2H3,(H,15,16). The van der Waals surface area contributed by atoms with Crippen LogP contribution in [0, 0.1) is 22.7 Å². The third-order valence-corrected chi connectivity index (χ3v) is 2.81. The fourth-order valence-electron chi connectivity index (χ4n) is 1.67. The van der Waals surface area contributed by atoms with Crippen molar-refractivity contribution in [2.75, 3.05) is 0 Å². The molecule has 1 atom stereocenters. The average molecular weight is 248 g/mol. The van der Waals surface area contributed by atoms with Crippen LogP contribution in [0.15, 0.2) is 28.4 Å². The topological polar surface area (TPSA) is 96.2 Å². The molecule has 1 N–H and O–H groups in total. The normalized spacial score (nSPS) is 11.7. The molecule has 0 heterocycles. The van der Waals surface area contributed by atoms with Crippen molar-refractivity contribution in [2.24, 2.45) is 16.1 Å². The van der Waals surface area contributed by atoms with Crippen LogP contribution in [0.4, 0.5) is 0 Å². The fraction of sp³-hybridized carbons (Fsp3) is 0.364. The largest absolute Gasteiger partial charge is 0.548 e. The zero-order valence-electron chi connectivity index (χ0n) is 10.2. The van der Waals surface area contributed by atoms with Gasteiger partial charge in [0, 0.05) is 0 Å². The highest BCUT2D eigenvalue weighted by Crippen LogP contribution is 2.13. The van der Waals surface area contributed by atoms with Gasteiger partial charge in [-0.2, -0.15) is 9.81 Å². The van der Waals surface area contributed by atoms with Gasteiger partial charge in [0.25, 0.3) is 0 Å². The maximum absolute atomic E-state index is 10.8. The Labute approximate surface area is 104 Å². The van der Waals surface area contributed by atoms with Gasteiger partial charge in [0.2, 0.25) is 0 Å². The van der Waals surface area contributed by atoms with Crippen LogP contribution in [0.3, 0.4) is 0 Å². The molecule has 1 aromatic rings. The molecule has 0 aliphatic heterocycles. The van der Waals surface area contributed by atoms with E-state index in [9.17, 15) is 14.6 Å². The van der Waals surface area contributed by atoms with Crippen molar-refractivity contribution in [1.29, 1.82) is 0 Å². The van der Waals surface area contributed by atoms with Crippen molar-refractivity contribution in [3.8, 4) is 0 Å². The summed E-state index contributed by atoms with van der Waals surface area (Å²) in [6.07, 6.45) is 0.398. The number of benzene rings is 1. The third kappa shape index (κ3) is 3.22. The molecule has 0 spiro atoms. The Bertz CT molecular complexity index is 470. The number of nitrogens with zero attached hydrogens (tertiary/aromatic N) is 2. The number of rotatable bonds is 6. The third-order valence-electron chi connectivity index (χ3n) is 2.81. The monoisotopic (exact) mass is 248 g/mol. The highest BCUT2D eigenvalue weighted by Gasteiger charge is 2.22. The smallest absolute Gasteiger partial charge is 0.481 e. The highest BCUT2D eigenvalue weighted by atomic mass is 16.4. The first-order valence-electron chi connectivity index (χ1n) is 5.46. The number of hydrogen-bond acceptors (Lipinski definition) is 5. The van der Waals surface area contributed by atoms with Crippen molar-refractivity contribution in [3.63, 3.8) is 0 Å². The molecule has 0 saturated heterocycles. The molecule has 7 heteroatoms. The summed E-state index contributed by atoms with van der Waals surface area (Å²) in [6.45, 7) is 2.17. The van der Waals surface area contributed by atoms with Crippen LogP contribution < -0.4 is 5.46 Å². The molecule has 0 saturated carbocycles. The molecule has 1 rings (SSSR count). The number of aryl methyl sites for hydroxylation is 1. The van der Waals surface area contributed by atoms with E-state index in [0.29, 0.717) is 11.9 Å². The fourth-order valence-corrected chi connectivity index (χ4v) is 1.67. The molecular weight excluding hydrogens is 235 g/mol. The molecular formula is C11H13BN2O4. The summed E-state index contributed by atoms with van der Waals surface area (Å²) in [6, 6.07) is 4.91. The van der Waals surface area contributed by atoms with Gasteiger partial charge in [0.15, 0.2) is 0 Å². The van der Waals surface area contributed by atoms with E-state index < -0.39 is 18.9 Å². The van der Waals surface area contributed by atoms with Gasteiger partial charge in [-0.3, -0.25) is 4.79 Å². The zero-order chi connectivity index (χ0) is 13.7. The maximum Gasteiger partial charge on any atom is 0.548 e. The van der Waals surface area contributed by atoms with Gasteiger partial charge < -0.3 is 5.11 Å². The summed E-state index contributed by atoms with van der Waals surface area (Å²) in [5.74, 6) is -1.35. The first-order valence-corrected chi connectivity index (χ1v) is 5.46. The highest BCUT2D eigenvalue weighted by molar-refractivity contribution is 6.69. The van der Waals surface area contributed by atoms with Gasteiger partial charge in [-0.05, 0) is 29.9 Å². The summed E-state index contributed by atoms with van der Waals surface area (Å²) in [7, 11) is 0. The Morgan fingerprint density at radius 3 is 2.44 bits per heavy atom. The number of carbonyl (C=O) groups is 1. The van der Waals surface area contributed by atoms with Crippen LogP contribution in [-0.2, 0) is 11.2 Å². The van der Waals surface area contributed by atoms with Crippen LogP contribution >= 0.6 is 0 Å². The van der Waals surface area contributed by atoms with Crippen LogP contribution in [0.5, 0.6) is 0 Å². The second-order valence-electron chi connectivity index (χ2n) is 4.21. The first-order chi connectivity index (χ1) is 8.49. The number of carboxylic acids is 1. The molecule has 94 valence electrons. The summed E-state index contributed by atoms with van der Waals surface area (Å²) in [4.78, 5) is 31.5. The first kappa shape index (κ1) is 14.0. The molecule has 0 amide bonds. The molecule has 1 aromatic carbocycles.